The number of aromatic amines is 1. The summed E-state index contributed by atoms with van der Waals surface area (Å²) in [5.74, 6) is -0.553. The Hall–Kier alpha value is -2.37. The summed E-state index contributed by atoms with van der Waals surface area (Å²) in [7, 11) is 0. The van der Waals surface area contributed by atoms with Crippen molar-refractivity contribution < 1.29 is 9.53 Å². The van der Waals surface area contributed by atoms with E-state index in [1.165, 1.54) is 12.3 Å². The van der Waals surface area contributed by atoms with Gasteiger partial charge in [-0.05, 0) is 19.1 Å². The first-order chi connectivity index (χ1) is 11.5. The smallest absolute Gasteiger partial charge is 0.340 e. The average molecular weight is 363 g/mol. The number of H-pyrrole nitrogens is 1. The quantitative estimate of drug-likeness (QED) is 0.712. The van der Waals surface area contributed by atoms with Crippen LogP contribution in [0, 0.1) is 0 Å². The third kappa shape index (κ3) is 2.88. The Balaban J connectivity index is 2.43. The summed E-state index contributed by atoms with van der Waals surface area (Å²) in [6, 6.07) is 8.01. The molecule has 0 aliphatic rings. The van der Waals surface area contributed by atoms with Gasteiger partial charge in [-0.15, -0.1) is 0 Å². The molecular formula is C17H12Cl2N2O3. The number of hydrogen-bond donors (Lipinski definition) is 1. The number of nitrogens with one attached hydrogen (secondary N) is 1. The van der Waals surface area contributed by atoms with E-state index in [4.69, 9.17) is 27.9 Å². The summed E-state index contributed by atoms with van der Waals surface area (Å²) in [6.45, 7) is 1.92. The van der Waals surface area contributed by atoms with Crippen molar-refractivity contribution in [2.45, 2.75) is 6.92 Å². The lowest BCUT2D eigenvalue weighted by Crippen LogP contribution is -2.11. The Morgan fingerprint density at radius 1 is 1.25 bits per heavy atom. The maximum atomic E-state index is 12.3. The SMILES string of the molecule is CCOC(=O)c1cnc2ccc(=O)[nH]c2c1-c1cccc(Cl)c1Cl. The van der Waals surface area contributed by atoms with Crippen molar-refractivity contribution in [2.75, 3.05) is 6.61 Å². The number of pyridine rings is 2. The van der Waals surface area contributed by atoms with E-state index >= 15 is 0 Å². The highest BCUT2D eigenvalue weighted by Crippen LogP contribution is 2.38. The van der Waals surface area contributed by atoms with Gasteiger partial charge in [-0.2, -0.15) is 0 Å². The van der Waals surface area contributed by atoms with Crippen molar-refractivity contribution in [2.24, 2.45) is 0 Å². The fourth-order valence-electron chi connectivity index (χ4n) is 2.44. The van der Waals surface area contributed by atoms with Gasteiger partial charge in [0.05, 0.1) is 33.2 Å². The molecular weight excluding hydrogens is 351 g/mol. The molecule has 7 heteroatoms. The molecule has 0 spiro atoms. The first kappa shape index (κ1) is 16.5. The molecule has 0 amide bonds. The van der Waals surface area contributed by atoms with Crippen LogP contribution in [0.15, 0.2) is 41.3 Å². The van der Waals surface area contributed by atoms with Gasteiger partial charge in [-0.3, -0.25) is 9.78 Å². The van der Waals surface area contributed by atoms with Crippen molar-refractivity contribution in [1.29, 1.82) is 0 Å². The molecule has 0 atom stereocenters. The molecule has 2 heterocycles. The van der Waals surface area contributed by atoms with Gasteiger partial charge in [0, 0.05) is 23.4 Å². The van der Waals surface area contributed by atoms with E-state index in [-0.39, 0.29) is 22.8 Å². The molecule has 24 heavy (non-hydrogen) atoms. The molecule has 1 aromatic carbocycles. The molecule has 0 aliphatic carbocycles. The highest BCUT2D eigenvalue weighted by Gasteiger charge is 2.21. The van der Waals surface area contributed by atoms with Crippen LogP contribution in [-0.2, 0) is 4.74 Å². The molecule has 5 nitrogen and oxygen atoms in total. The minimum absolute atomic E-state index is 0.204. The number of benzene rings is 1. The van der Waals surface area contributed by atoms with E-state index in [0.29, 0.717) is 27.2 Å². The number of nitrogens with zero attached hydrogens (tertiary/aromatic N) is 1. The Kier molecular flexibility index (Phi) is 4.55. The van der Waals surface area contributed by atoms with Crippen LogP contribution in [0.2, 0.25) is 10.0 Å². The Labute approximate surface area is 147 Å². The van der Waals surface area contributed by atoms with Crippen molar-refractivity contribution in [1.82, 2.24) is 9.97 Å². The molecule has 0 bridgehead atoms. The van der Waals surface area contributed by atoms with E-state index in [9.17, 15) is 9.59 Å². The lowest BCUT2D eigenvalue weighted by Gasteiger charge is -2.13. The monoisotopic (exact) mass is 362 g/mol. The number of hydrogen-bond acceptors (Lipinski definition) is 4. The van der Waals surface area contributed by atoms with E-state index in [0.717, 1.165) is 0 Å². The van der Waals surface area contributed by atoms with Crippen molar-refractivity contribution in [3.8, 4) is 11.1 Å². The number of rotatable bonds is 3. The predicted octanol–water partition coefficient (Wildman–Crippen LogP) is 4.07. The molecule has 0 saturated heterocycles. The number of carbonyl (C=O) groups excluding carboxylic acids is 1. The van der Waals surface area contributed by atoms with Gasteiger partial charge in [-0.25, -0.2) is 4.79 Å². The van der Waals surface area contributed by atoms with Crippen LogP contribution < -0.4 is 5.56 Å². The molecule has 1 N–H and O–H groups in total. The van der Waals surface area contributed by atoms with Crippen LogP contribution in [0.25, 0.3) is 22.2 Å². The van der Waals surface area contributed by atoms with Crippen LogP contribution in [-0.4, -0.2) is 22.5 Å². The number of fused-ring (bicyclic) bond motifs is 1. The second-order valence-electron chi connectivity index (χ2n) is 4.95. The molecule has 3 rings (SSSR count). The lowest BCUT2D eigenvalue weighted by atomic mass is 9.99. The van der Waals surface area contributed by atoms with Gasteiger partial charge in [0.1, 0.15) is 0 Å². The summed E-state index contributed by atoms with van der Waals surface area (Å²) in [4.78, 5) is 31.0. The van der Waals surface area contributed by atoms with Crippen LogP contribution in [0.1, 0.15) is 17.3 Å². The summed E-state index contributed by atoms with van der Waals surface area (Å²) in [5.41, 5.74) is 1.76. The molecule has 122 valence electrons. The molecule has 0 fully saturated rings. The van der Waals surface area contributed by atoms with Crippen LogP contribution in [0.3, 0.4) is 0 Å². The number of carbonyl (C=O) groups is 1. The number of halogens is 2. The second kappa shape index (κ2) is 6.63. The first-order valence-corrected chi connectivity index (χ1v) is 7.92. The van der Waals surface area contributed by atoms with Crippen molar-refractivity contribution >= 4 is 40.2 Å². The van der Waals surface area contributed by atoms with Gasteiger partial charge >= 0.3 is 5.97 Å². The van der Waals surface area contributed by atoms with Gasteiger partial charge in [0.2, 0.25) is 5.56 Å². The molecule has 0 aliphatic heterocycles. The summed E-state index contributed by atoms with van der Waals surface area (Å²) in [5, 5.41) is 0.620. The van der Waals surface area contributed by atoms with E-state index < -0.39 is 5.97 Å². The highest BCUT2D eigenvalue weighted by molar-refractivity contribution is 6.44. The third-order valence-corrected chi connectivity index (χ3v) is 4.28. The highest BCUT2D eigenvalue weighted by atomic mass is 35.5. The predicted molar refractivity (Wildman–Crippen MR) is 93.8 cm³/mol. The van der Waals surface area contributed by atoms with Gasteiger partial charge in [-0.1, -0.05) is 35.3 Å². The summed E-state index contributed by atoms with van der Waals surface area (Å²) < 4.78 is 5.09. The average Bonchev–Trinajstić information content (AvgIpc) is 2.56. The standard InChI is InChI=1S/C17H12Cl2N2O3/c1-2-24-17(23)10-8-20-12-6-7-13(22)21-16(12)14(10)9-4-3-5-11(18)15(9)19/h3-8H,2H2,1H3,(H,21,22). The second-order valence-corrected chi connectivity index (χ2v) is 5.74. The molecule has 3 aromatic rings. The molecule has 0 radical (unpaired) electrons. The van der Waals surface area contributed by atoms with Crippen molar-refractivity contribution in [3.05, 3.63) is 62.5 Å². The fraction of sp³-hybridized carbons (Fsp3) is 0.118. The van der Waals surface area contributed by atoms with Crippen LogP contribution in [0.5, 0.6) is 0 Å². The van der Waals surface area contributed by atoms with E-state index in [1.807, 2.05) is 0 Å². The molecule has 2 aromatic heterocycles. The van der Waals surface area contributed by atoms with Gasteiger partial charge in [0.15, 0.2) is 0 Å². The Morgan fingerprint density at radius 2 is 2.04 bits per heavy atom. The molecule has 0 unspecified atom stereocenters. The minimum atomic E-state index is -0.553. The van der Waals surface area contributed by atoms with Crippen molar-refractivity contribution in [3.63, 3.8) is 0 Å². The number of esters is 1. The number of ether oxygens (including phenoxy) is 1. The topological polar surface area (TPSA) is 72.0 Å². The zero-order valence-electron chi connectivity index (χ0n) is 12.6. The summed E-state index contributed by atoms with van der Waals surface area (Å²) >= 11 is 12.4. The van der Waals surface area contributed by atoms with Crippen LogP contribution >= 0.6 is 23.2 Å². The zero-order chi connectivity index (χ0) is 17.3. The maximum Gasteiger partial charge on any atom is 0.340 e. The Bertz CT molecular complexity index is 999. The fourth-order valence-corrected chi connectivity index (χ4v) is 2.83. The first-order valence-electron chi connectivity index (χ1n) is 7.16. The zero-order valence-corrected chi connectivity index (χ0v) is 14.1. The Morgan fingerprint density at radius 3 is 2.79 bits per heavy atom. The van der Waals surface area contributed by atoms with Gasteiger partial charge in [0.25, 0.3) is 0 Å². The largest absolute Gasteiger partial charge is 0.462 e. The van der Waals surface area contributed by atoms with Crippen LogP contribution in [0.4, 0.5) is 0 Å². The number of aromatic nitrogens is 2. The summed E-state index contributed by atoms with van der Waals surface area (Å²) in [6.07, 6.45) is 1.41. The van der Waals surface area contributed by atoms with Gasteiger partial charge < -0.3 is 9.72 Å². The van der Waals surface area contributed by atoms with E-state index in [1.54, 1.807) is 31.2 Å². The molecule has 0 saturated carbocycles. The third-order valence-electron chi connectivity index (χ3n) is 3.47. The minimum Gasteiger partial charge on any atom is -0.462 e. The lowest BCUT2D eigenvalue weighted by molar-refractivity contribution is 0.0527. The normalized spacial score (nSPS) is 10.8. The van der Waals surface area contributed by atoms with E-state index in [2.05, 4.69) is 9.97 Å². The maximum absolute atomic E-state index is 12.3.